The summed E-state index contributed by atoms with van der Waals surface area (Å²) in [7, 11) is 3.70. The lowest BCUT2D eigenvalue weighted by Gasteiger charge is -2.34. The van der Waals surface area contributed by atoms with Crippen molar-refractivity contribution in [2.45, 2.75) is 58.8 Å². The molecular formula is C29H42N4O5. The highest BCUT2D eigenvalue weighted by atomic mass is 16.5. The number of rotatable bonds is 9. The lowest BCUT2D eigenvalue weighted by atomic mass is 10.0. The van der Waals surface area contributed by atoms with Gasteiger partial charge in [-0.05, 0) is 63.7 Å². The molecule has 0 saturated carbocycles. The molecule has 3 amide bonds. The third-order valence-corrected chi connectivity index (χ3v) is 6.70. The molecule has 9 heteroatoms. The summed E-state index contributed by atoms with van der Waals surface area (Å²) < 4.78 is 11.8. The molecule has 1 heterocycles. The molecule has 0 bridgehead atoms. The molecule has 1 aliphatic rings. The average molecular weight is 527 g/mol. The largest absolute Gasteiger partial charge is 0.497 e. The van der Waals surface area contributed by atoms with E-state index < -0.39 is 0 Å². The fourth-order valence-electron chi connectivity index (χ4n) is 4.57. The van der Waals surface area contributed by atoms with Crippen LogP contribution in [0.25, 0.3) is 0 Å². The van der Waals surface area contributed by atoms with Gasteiger partial charge in [0.25, 0.3) is 0 Å². The van der Waals surface area contributed by atoms with E-state index in [4.69, 9.17) is 9.47 Å². The Bertz CT molecular complexity index is 1080. The van der Waals surface area contributed by atoms with Crippen LogP contribution in [0.1, 0.15) is 38.8 Å². The summed E-state index contributed by atoms with van der Waals surface area (Å²) in [4.78, 5) is 29.6. The van der Waals surface area contributed by atoms with Crippen LogP contribution in [0, 0.1) is 5.92 Å². The van der Waals surface area contributed by atoms with Crippen LogP contribution in [-0.4, -0.2) is 78.9 Å². The van der Waals surface area contributed by atoms with E-state index >= 15 is 0 Å². The summed E-state index contributed by atoms with van der Waals surface area (Å²) in [5, 5.41) is 15.5. The number of benzene rings is 2. The van der Waals surface area contributed by atoms with E-state index in [9.17, 15) is 14.7 Å². The van der Waals surface area contributed by atoms with Gasteiger partial charge in [0.15, 0.2) is 0 Å². The number of fused-ring (bicyclic) bond motifs is 1. The van der Waals surface area contributed by atoms with Gasteiger partial charge in [0, 0.05) is 42.8 Å². The molecule has 0 spiro atoms. The van der Waals surface area contributed by atoms with Crippen LogP contribution in [0.4, 0.5) is 10.5 Å². The number of aliphatic hydroxyl groups is 1. The zero-order valence-electron chi connectivity index (χ0n) is 23.4. The number of likely N-dealkylation sites (N-methyl/N-ethyl adjacent to an activating group) is 1. The van der Waals surface area contributed by atoms with Gasteiger partial charge in [0.2, 0.25) is 5.91 Å². The van der Waals surface area contributed by atoms with Crippen LogP contribution in [0.2, 0.25) is 0 Å². The van der Waals surface area contributed by atoms with Crippen LogP contribution >= 0.6 is 0 Å². The van der Waals surface area contributed by atoms with Crippen LogP contribution < -0.4 is 20.1 Å². The maximum Gasteiger partial charge on any atom is 0.319 e. The normalized spacial score (nSPS) is 18.7. The van der Waals surface area contributed by atoms with Gasteiger partial charge in [-0.3, -0.25) is 9.69 Å². The van der Waals surface area contributed by atoms with E-state index in [1.807, 2.05) is 58.2 Å². The fraction of sp³-hybridized carbons (Fsp3) is 0.517. The van der Waals surface area contributed by atoms with E-state index in [-0.39, 0.29) is 49.1 Å². The Hall–Kier alpha value is -3.30. The Kier molecular flexibility index (Phi) is 10.4. The molecule has 0 radical (unpaired) electrons. The molecule has 38 heavy (non-hydrogen) atoms. The molecule has 0 aliphatic carbocycles. The van der Waals surface area contributed by atoms with E-state index in [0.717, 1.165) is 17.9 Å². The number of amides is 3. The number of carbonyl (C=O) groups is 2. The van der Waals surface area contributed by atoms with Crippen molar-refractivity contribution in [3.63, 3.8) is 0 Å². The molecule has 0 saturated heterocycles. The Morgan fingerprint density at radius 3 is 2.55 bits per heavy atom. The third-order valence-electron chi connectivity index (χ3n) is 6.70. The Morgan fingerprint density at radius 1 is 1.21 bits per heavy atom. The SMILES string of the molecule is COc1ccc(CN(C)C[C@@H]2Oc3ccc(NC(=O)NC(C)C)cc3CC(=O)N([C@@H](C)CO)C[C@@H]2C)cc1. The van der Waals surface area contributed by atoms with E-state index in [2.05, 4.69) is 22.5 Å². The zero-order chi connectivity index (χ0) is 27.8. The van der Waals surface area contributed by atoms with Gasteiger partial charge in [-0.2, -0.15) is 0 Å². The molecule has 0 aromatic heterocycles. The minimum absolute atomic E-state index is 0.00144. The molecule has 208 valence electrons. The Labute approximate surface area is 226 Å². The molecule has 0 unspecified atom stereocenters. The fourth-order valence-corrected chi connectivity index (χ4v) is 4.57. The van der Waals surface area contributed by atoms with E-state index in [1.54, 1.807) is 24.1 Å². The number of carbonyl (C=O) groups excluding carboxylic acids is 2. The number of urea groups is 1. The van der Waals surface area contributed by atoms with Gasteiger partial charge < -0.3 is 30.1 Å². The first-order valence-corrected chi connectivity index (χ1v) is 13.2. The van der Waals surface area contributed by atoms with Crippen molar-refractivity contribution in [2.75, 3.05) is 39.2 Å². The molecule has 3 atom stereocenters. The second-order valence-corrected chi connectivity index (χ2v) is 10.5. The van der Waals surface area contributed by atoms with E-state index in [1.165, 1.54) is 0 Å². The molecule has 0 fully saturated rings. The van der Waals surface area contributed by atoms with E-state index in [0.29, 0.717) is 30.1 Å². The van der Waals surface area contributed by atoms with Gasteiger partial charge >= 0.3 is 6.03 Å². The second kappa shape index (κ2) is 13.5. The lowest BCUT2D eigenvalue weighted by Crippen LogP contribution is -2.47. The standard InChI is InChI=1S/C29H42N4O5/c1-19(2)30-29(36)31-24-9-12-26-23(13-24)14-28(35)33(21(4)18-34)15-20(3)27(38-26)17-32(5)16-22-7-10-25(37-6)11-8-22/h7-13,19-21,27,34H,14-18H2,1-6H3,(H2,30,31,36)/t20-,21-,27-/m0/s1. The highest BCUT2D eigenvalue weighted by molar-refractivity contribution is 5.90. The summed E-state index contributed by atoms with van der Waals surface area (Å²) in [6.45, 7) is 9.42. The summed E-state index contributed by atoms with van der Waals surface area (Å²) >= 11 is 0. The lowest BCUT2D eigenvalue weighted by molar-refractivity contribution is -0.134. The quantitative estimate of drug-likeness (QED) is 0.462. The maximum atomic E-state index is 13.4. The van der Waals surface area contributed by atoms with Crippen LogP contribution in [-0.2, 0) is 17.8 Å². The summed E-state index contributed by atoms with van der Waals surface area (Å²) in [6, 6.07) is 12.8. The predicted molar refractivity (Wildman–Crippen MR) is 149 cm³/mol. The summed E-state index contributed by atoms with van der Waals surface area (Å²) in [6.07, 6.45) is -0.0957. The van der Waals surface area contributed by atoms with Gasteiger partial charge in [-0.1, -0.05) is 19.1 Å². The summed E-state index contributed by atoms with van der Waals surface area (Å²) in [5.74, 6) is 1.37. The van der Waals surface area contributed by atoms with Gasteiger partial charge in [-0.15, -0.1) is 0 Å². The van der Waals surface area contributed by atoms with Crippen molar-refractivity contribution in [3.8, 4) is 11.5 Å². The number of methoxy groups -OCH3 is 1. The van der Waals surface area contributed by atoms with Crippen molar-refractivity contribution in [1.82, 2.24) is 15.1 Å². The summed E-state index contributed by atoms with van der Waals surface area (Å²) in [5.41, 5.74) is 2.44. The van der Waals surface area contributed by atoms with Gasteiger partial charge in [0.05, 0.1) is 26.2 Å². The Morgan fingerprint density at radius 2 is 1.92 bits per heavy atom. The molecular weight excluding hydrogens is 484 g/mol. The van der Waals surface area contributed by atoms with Gasteiger partial charge in [-0.25, -0.2) is 4.79 Å². The molecule has 1 aliphatic heterocycles. The number of hydrogen-bond donors (Lipinski definition) is 3. The van der Waals surface area contributed by atoms with Crippen LogP contribution in [0.3, 0.4) is 0 Å². The maximum absolute atomic E-state index is 13.4. The van der Waals surface area contributed by atoms with Crippen molar-refractivity contribution in [1.29, 1.82) is 0 Å². The van der Waals surface area contributed by atoms with Crippen molar-refractivity contribution in [2.24, 2.45) is 5.92 Å². The van der Waals surface area contributed by atoms with Crippen molar-refractivity contribution in [3.05, 3.63) is 53.6 Å². The van der Waals surface area contributed by atoms with Crippen LogP contribution in [0.5, 0.6) is 11.5 Å². The van der Waals surface area contributed by atoms with Gasteiger partial charge in [0.1, 0.15) is 17.6 Å². The number of aliphatic hydroxyl groups excluding tert-OH is 1. The highest BCUT2D eigenvalue weighted by Crippen LogP contribution is 2.29. The molecule has 2 aromatic carbocycles. The third kappa shape index (κ3) is 8.10. The number of hydrogen-bond acceptors (Lipinski definition) is 6. The predicted octanol–water partition coefficient (Wildman–Crippen LogP) is 3.51. The van der Waals surface area contributed by atoms with Crippen molar-refractivity contribution >= 4 is 17.6 Å². The molecule has 2 aromatic rings. The number of nitrogens with zero attached hydrogens (tertiary/aromatic N) is 2. The topological polar surface area (TPSA) is 103 Å². The van der Waals surface area contributed by atoms with Crippen molar-refractivity contribution < 1.29 is 24.2 Å². The highest BCUT2D eigenvalue weighted by Gasteiger charge is 2.31. The average Bonchev–Trinajstić information content (AvgIpc) is 2.91. The van der Waals surface area contributed by atoms with Crippen LogP contribution in [0.15, 0.2) is 42.5 Å². The zero-order valence-corrected chi connectivity index (χ0v) is 23.4. The second-order valence-electron chi connectivity index (χ2n) is 10.5. The monoisotopic (exact) mass is 526 g/mol. The molecule has 9 nitrogen and oxygen atoms in total. The minimum Gasteiger partial charge on any atom is -0.497 e. The first kappa shape index (κ1) is 29.3. The number of anilines is 1. The minimum atomic E-state index is -0.317. The first-order valence-electron chi connectivity index (χ1n) is 13.2. The Balaban J connectivity index is 1.85. The smallest absolute Gasteiger partial charge is 0.319 e. The number of ether oxygens (including phenoxy) is 2. The number of nitrogens with one attached hydrogen (secondary N) is 2. The first-order chi connectivity index (χ1) is 18.1. The molecule has 3 N–H and O–H groups in total. The molecule has 3 rings (SSSR count).